The van der Waals surface area contributed by atoms with Crippen LogP contribution in [0.3, 0.4) is 0 Å². The SMILES string of the molecule is COc1cc(C(=O)N2CCC(C(=O)N3CCCCCC3)CC2)cc(Cl)c1OC. The highest BCUT2D eigenvalue weighted by Crippen LogP contribution is 2.36. The van der Waals surface area contributed by atoms with Crippen molar-refractivity contribution in [2.45, 2.75) is 38.5 Å². The number of carbonyl (C=O) groups excluding carboxylic acids is 2. The molecule has 2 heterocycles. The number of methoxy groups -OCH3 is 2. The number of likely N-dealkylation sites (tertiary alicyclic amines) is 2. The maximum atomic E-state index is 12.9. The third kappa shape index (κ3) is 4.54. The molecule has 2 aliphatic heterocycles. The third-order valence-corrected chi connectivity index (χ3v) is 6.01. The topological polar surface area (TPSA) is 59.1 Å². The highest BCUT2D eigenvalue weighted by atomic mass is 35.5. The number of amides is 2. The van der Waals surface area contributed by atoms with Crippen molar-refractivity contribution in [1.29, 1.82) is 0 Å². The van der Waals surface area contributed by atoms with E-state index in [1.165, 1.54) is 27.1 Å². The molecule has 2 fully saturated rings. The summed E-state index contributed by atoms with van der Waals surface area (Å²) in [5.41, 5.74) is 0.472. The van der Waals surface area contributed by atoms with Crippen LogP contribution in [0.25, 0.3) is 0 Å². The number of hydrogen-bond donors (Lipinski definition) is 0. The van der Waals surface area contributed by atoms with E-state index in [9.17, 15) is 9.59 Å². The number of nitrogens with zero attached hydrogens (tertiary/aromatic N) is 2. The van der Waals surface area contributed by atoms with Crippen LogP contribution in [0.4, 0.5) is 0 Å². The molecule has 0 aromatic heterocycles. The fourth-order valence-electron chi connectivity index (χ4n) is 4.10. The van der Waals surface area contributed by atoms with Crippen molar-refractivity contribution < 1.29 is 19.1 Å². The van der Waals surface area contributed by atoms with E-state index in [0.29, 0.717) is 48.0 Å². The fourth-order valence-corrected chi connectivity index (χ4v) is 4.39. The summed E-state index contributed by atoms with van der Waals surface area (Å²) < 4.78 is 10.5. The molecule has 7 heteroatoms. The lowest BCUT2D eigenvalue weighted by molar-refractivity contribution is -0.136. The molecular weight excluding hydrogens is 380 g/mol. The van der Waals surface area contributed by atoms with Gasteiger partial charge in [0.15, 0.2) is 11.5 Å². The zero-order valence-electron chi connectivity index (χ0n) is 16.7. The minimum atomic E-state index is -0.0940. The molecule has 3 rings (SSSR count). The lowest BCUT2D eigenvalue weighted by Gasteiger charge is -2.34. The first-order valence-corrected chi connectivity index (χ1v) is 10.4. The van der Waals surface area contributed by atoms with E-state index in [1.807, 2.05) is 4.90 Å². The van der Waals surface area contributed by atoms with E-state index < -0.39 is 0 Å². The average molecular weight is 409 g/mol. The lowest BCUT2D eigenvalue weighted by atomic mass is 9.94. The van der Waals surface area contributed by atoms with Crippen LogP contribution in [-0.4, -0.2) is 62.0 Å². The van der Waals surface area contributed by atoms with Crippen molar-refractivity contribution >= 4 is 23.4 Å². The molecule has 1 aromatic carbocycles. The quantitative estimate of drug-likeness (QED) is 0.763. The van der Waals surface area contributed by atoms with Gasteiger partial charge in [-0.15, -0.1) is 0 Å². The average Bonchev–Trinajstić information content (AvgIpc) is 3.01. The summed E-state index contributed by atoms with van der Waals surface area (Å²) in [5.74, 6) is 1.05. The monoisotopic (exact) mass is 408 g/mol. The van der Waals surface area contributed by atoms with Crippen molar-refractivity contribution in [3.8, 4) is 11.5 Å². The molecule has 2 amide bonds. The van der Waals surface area contributed by atoms with E-state index in [1.54, 1.807) is 17.0 Å². The first-order chi connectivity index (χ1) is 13.5. The zero-order valence-corrected chi connectivity index (χ0v) is 17.5. The van der Waals surface area contributed by atoms with Crippen LogP contribution in [0.1, 0.15) is 48.9 Å². The molecule has 0 N–H and O–H groups in total. The molecule has 154 valence electrons. The van der Waals surface area contributed by atoms with Gasteiger partial charge in [0.1, 0.15) is 0 Å². The second-order valence-electron chi connectivity index (χ2n) is 7.50. The Kier molecular flexibility index (Phi) is 7.05. The molecule has 0 bridgehead atoms. The molecule has 0 aliphatic carbocycles. The molecule has 1 aromatic rings. The summed E-state index contributed by atoms with van der Waals surface area (Å²) in [6.45, 7) is 2.91. The molecule has 28 heavy (non-hydrogen) atoms. The zero-order chi connectivity index (χ0) is 20.1. The summed E-state index contributed by atoms with van der Waals surface area (Å²) in [6, 6.07) is 3.27. The van der Waals surface area contributed by atoms with Crippen LogP contribution >= 0.6 is 11.6 Å². The van der Waals surface area contributed by atoms with Crippen LogP contribution in [0, 0.1) is 5.92 Å². The molecule has 0 unspecified atom stereocenters. The molecule has 0 atom stereocenters. The van der Waals surface area contributed by atoms with Gasteiger partial charge in [-0.1, -0.05) is 24.4 Å². The molecule has 0 saturated carbocycles. The molecule has 2 aliphatic rings. The number of ether oxygens (including phenoxy) is 2. The number of carbonyl (C=O) groups is 2. The molecular formula is C21H29ClN2O4. The van der Waals surface area contributed by atoms with E-state index in [4.69, 9.17) is 21.1 Å². The van der Waals surface area contributed by atoms with Crippen molar-refractivity contribution in [2.75, 3.05) is 40.4 Å². The summed E-state index contributed by atoms with van der Waals surface area (Å²) >= 11 is 6.23. The number of piperidine rings is 1. The second kappa shape index (κ2) is 9.50. The van der Waals surface area contributed by atoms with Gasteiger partial charge in [0.25, 0.3) is 5.91 Å². The Labute approximate surface area is 171 Å². The van der Waals surface area contributed by atoms with Gasteiger partial charge in [-0.05, 0) is 37.8 Å². The second-order valence-corrected chi connectivity index (χ2v) is 7.91. The third-order valence-electron chi connectivity index (χ3n) is 5.73. The number of rotatable bonds is 4. The molecule has 0 radical (unpaired) electrons. The van der Waals surface area contributed by atoms with Gasteiger partial charge in [-0.25, -0.2) is 0 Å². The lowest BCUT2D eigenvalue weighted by Crippen LogP contribution is -2.44. The number of hydrogen-bond acceptors (Lipinski definition) is 4. The maximum Gasteiger partial charge on any atom is 0.254 e. The van der Waals surface area contributed by atoms with Gasteiger partial charge >= 0.3 is 0 Å². The Morgan fingerprint density at radius 2 is 1.57 bits per heavy atom. The Bertz CT molecular complexity index is 709. The maximum absolute atomic E-state index is 12.9. The fraction of sp³-hybridized carbons (Fsp3) is 0.619. The predicted octanol–water partition coefficient (Wildman–Crippen LogP) is 3.61. The highest BCUT2D eigenvalue weighted by Gasteiger charge is 2.31. The van der Waals surface area contributed by atoms with Crippen molar-refractivity contribution in [1.82, 2.24) is 9.80 Å². The number of halogens is 1. The minimum absolute atomic E-state index is 0.0242. The smallest absolute Gasteiger partial charge is 0.254 e. The first-order valence-electron chi connectivity index (χ1n) is 10.0. The highest BCUT2D eigenvalue weighted by molar-refractivity contribution is 6.32. The minimum Gasteiger partial charge on any atom is -0.493 e. The summed E-state index contributed by atoms with van der Waals surface area (Å²) in [4.78, 5) is 29.6. The number of benzene rings is 1. The summed E-state index contributed by atoms with van der Waals surface area (Å²) in [5, 5.41) is 0.344. The molecule has 2 saturated heterocycles. The normalized spacial score (nSPS) is 18.5. The first kappa shape index (κ1) is 20.8. The van der Waals surface area contributed by atoms with E-state index in [0.717, 1.165) is 25.9 Å². The van der Waals surface area contributed by atoms with E-state index >= 15 is 0 Å². The Hall–Kier alpha value is -1.95. The Morgan fingerprint density at radius 3 is 2.14 bits per heavy atom. The van der Waals surface area contributed by atoms with Crippen LogP contribution < -0.4 is 9.47 Å². The van der Waals surface area contributed by atoms with Gasteiger partial charge in [0.05, 0.1) is 19.2 Å². The van der Waals surface area contributed by atoms with Gasteiger partial charge in [-0.3, -0.25) is 9.59 Å². The van der Waals surface area contributed by atoms with E-state index in [2.05, 4.69) is 0 Å². The summed E-state index contributed by atoms with van der Waals surface area (Å²) in [7, 11) is 3.03. The van der Waals surface area contributed by atoms with Crippen molar-refractivity contribution in [2.24, 2.45) is 5.92 Å². The van der Waals surface area contributed by atoms with Crippen LogP contribution in [0.2, 0.25) is 5.02 Å². The summed E-state index contributed by atoms with van der Waals surface area (Å²) in [6.07, 6.45) is 6.05. The van der Waals surface area contributed by atoms with Crippen LogP contribution in [0.5, 0.6) is 11.5 Å². The van der Waals surface area contributed by atoms with Gasteiger partial charge in [-0.2, -0.15) is 0 Å². The van der Waals surface area contributed by atoms with Crippen LogP contribution in [0.15, 0.2) is 12.1 Å². The Balaban J connectivity index is 1.62. The Morgan fingerprint density at radius 1 is 0.929 bits per heavy atom. The predicted molar refractivity (Wildman–Crippen MR) is 108 cm³/mol. The van der Waals surface area contributed by atoms with Gasteiger partial charge in [0.2, 0.25) is 5.91 Å². The van der Waals surface area contributed by atoms with Gasteiger partial charge < -0.3 is 19.3 Å². The largest absolute Gasteiger partial charge is 0.493 e. The molecule has 0 spiro atoms. The van der Waals surface area contributed by atoms with Gasteiger partial charge in [0, 0.05) is 37.7 Å². The van der Waals surface area contributed by atoms with Crippen molar-refractivity contribution in [3.05, 3.63) is 22.7 Å². The van der Waals surface area contributed by atoms with E-state index in [-0.39, 0.29) is 17.7 Å². The van der Waals surface area contributed by atoms with Crippen molar-refractivity contribution in [3.63, 3.8) is 0 Å². The molecule has 6 nitrogen and oxygen atoms in total. The van der Waals surface area contributed by atoms with Crippen LogP contribution in [-0.2, 0) is 4.79 Å². The standard InChI is InChI=1S/C21H29ClN2O4/c1-27-18-14-16(13-17(22)19(18)28-2)21(26)24-11-7-15(8-12-24)20(25)23-9-5-3-4-6-10-23/h13-15H,3-12H2,1-2H3.